The van der Waals surface area contributed by atoms with Gasteiger partial charge in [-0.1, -0.05) is 0 Å². The minimum atomic E-state index is -4.74. The van der Waals surface area contributed by atoms with Gasteiger partial charge in [0, 0.05) is 5.56 Å². The lowest BCUT2D eigenvalue weighted by Gasteiger charge is -2.14. The number of esters is 1. The molecule has 0 unspecified atom stereocenters. The molecule has 4 nitrogen and oxygen atoms in total. The molecule has 0 N–H and O–H groups in total. The van der Waals surface area contributed by atoms with Gasteiger partial charge in [-0.2, -0.15) is 18.4 Å². The second-order valence-electron chi connectivity index (χ2n) is 3.76. The van der Waals surface area contributed by atoms with Gasteiger partial charge in [-0.25, -0.2) is 0 Å². The highest BCUT2D eigenvalue weighted by atomic mass is 19.4. The summed E-state index contributed by atoms with van der Waals surface area (Å²) in [7, 11) is 0. The predicted octanol–water partition coefficient (Wildman–Crippen LogP) is 2.50. The van der Waals surface area contributed by atoms with E-state index in [2.05, 4.69) is 4.74 Å². The maximum absolute atomic E-state index is 12.8. The molecule has 0 spiro atoms. The van der Waals surface area contributed by atoms with E-state index < -0.39 is 29.7 Å². The van der Waals surface area contributed by atoms with Crippen LogP contribution in [0.15, 0.2) is 12.1 Å². The number of carbonyl (C=O) groups excluding carboxylic acids is 2. The molecule has 0 aliphatic heterocycles. The van der Waals surface area contributed by atoms with Crippen LogP contribution in [0, 0.1) is 11.3 Å². The molecule has 0 saturated carbocycles. The van der Waals surface area contributed by atoms with E-state index in [0.29, 0.717) is 6.07 Å². The third kappa shape index (κ3) is 3.35. The van der Waals surface area contributed by atoms with Crippen LogP contribution in [0.2, 0.25) is 0 Å². The van der Waals surface area contributed by atoms with E-state index in [9.17, 15) is 22.8 Å². The lowest BCUT2D eigenvalue weighted by atomic mass is 9.94. The Balaban J connectivity index is 3.42. The van der Waals surface area contributed by atoms with E-state index in [0.717, 1.165) is 6.07 Å². The highest BCUT2D eigenvalue weighted by Crippen LogP contribution is 2.34. The lowest BCUT2D eigenvalue weighted by molar-refractivity contribution is -0.142. The highest BCUT2D eigenvalue weighted by Gasteiger charge is 2.35. The van der Waals surface area contributed by atoms with Gasteiger partial charge < -0.3 is 4.74 Å². The number of halogens is 3. The maximum Gasteiger partial charge on any atom is 0.417 e. The average Bonchev–Trinajstić information content (AvgIpc) is 2.37. The Bertz CT molecular complexity index is 573. The lowest BCUT2D eigenvalue weighted by Crippen LogP contribution is -2.16. The van der Waals surface area contributed by atoms with Crippen molar-refractivity contribution in [2.75, 3.05) is 6.61 Å². The second kappa shape index (κ2) is 6.19. The molecule has 0 radical (unpaired) electrons. The number of carbonyl (C=O) groups is 2. The standard InChI is InChI=1S/C13H10F3NO3/c1-2-20-12(19)5-9-8(6-17)3-4-11(10(9)7-18)13(14,15)16/h3-4,7H,2,5H2,1H3. The molecule has 0 aliphatic carbocycles. The first-order valence-electron chi connectivity index (χ1n) is 5.59. The molecule has 20 heavy (non-hydrogen) atoms. The van der Waals surface area contributed by atoms with Crippen molar-refractivity contribution in [3.63, 3.8) is 0 Å². The Morgan fingerprint density at radius 1 is 1.45 bits per heavy atom. The average molecular weight is 285 g/mol. The van der Waals surface area contributed by atoms with Gasteiger partial charge in [-0.15, -0.1) is 0 Å². The van der Waals surface area contributed by atoms with Gasteiger partial charge in [0.1, 0.15) is 0 Å². The normalized spacial score (nSPS) is 10.8. The summed E-state index contributed by atoms with van der Waals surface area (Å²) in [5, 5.41) is 8.88. The number of alkyl halides is 3. The van der Waals surface area contributed by atoms with Crippen molar-refractivity contribution in [2.24, 2.45) is 0 Å². The zero-order valence-electron chi connectivity index (χ0n) is 10.5. The Hall–Kier alpha value is -2.36. The molecule has 1 rings (SSSR count). The first-order valence-corrected chi connectivity index (χ1v) is 5.59. The molecule has 1 aromatic carbocycles. The zero-order valence-corrected chi connectivity index (χ0v) is 10.5. The SMILES string of the molecule is CCOC(=O)Cc1c(C#N)ccc(C(F)(F)F)c1C=O. The van der Waals surface area contributed by atoms with Crippen molar-refractivity contribution in [1.29, 1.82) is 5.26 Å². The van der Waals surface area contributed by atoms with Crippen LogP contribution in [-0.2, 0) is 22.1 Å². The van der Waals surface area contributed by atoms with E-state index in [4.69, 9.17) is 5.26 Å². The third-order valence-corrected chi connectivity index (χ3v) is 2.53. The van der Waals surface area contributed by atoms with Crippen molar-refractivity contribution < 1.29 is 27.5 Å². The van der Waals surface area contributed by atoms with Crippen molar-refractivity contribution in [3.05, 3.63) is 34.4 Å². The monoisotopic (exact) mass is 285 g/mol. The van der Waals surface area contributed by atoms with Crippen molar-refractivity contribution in [2.45, 2.75) is 19.5 Å². The second-order valence-corrected chi connectivity index (χ2v) is 3.76. The minimum absolute atomic E-state index is 0.00176. The van der Waals surface area contributed by atoms with Crippen LogP contribution >= 0.6 is 0 Å². The number of nitrogens with zero attached hydrogens (tertiary/aromatic N) is 1. The van der Waals surface area contributed by atoms with Gasteiger partial charge in [0.2, 0.25) is 0 Å². The minimum Gasteiger partial charge on any atom is -0.466 e. The molecule has 1 aromatic rings. The number of ether oxygens (including phenoxy) is 1. The molecule has 0 heterocycles. The smallest absolute Gasteiger partial charge is 0.417 e. The molecular weight excluding hydrogens is 275 g/mol. The number of nitriles is 1. The van der Waals surface area contributed by atoms with E-state index in [1.54, 1.807) is 6.07 Å². The number of rotatable bonds is 4. The van der Waals surface area contributed by atoms with Gasteiger partial charge in [0.15, 0.2) is 6.29 Å². The number of hydrogen-bond donors (Lipinski definition) is 0. The fraction of sp³-hybridized carbons (Fsp3) is 0.308. The Kier molecular flexibility index (Phi) is 4.86. The first kappa shape index (κ1) is 15.7. The highest BCUT2D eigenvalue weighted by molar-refractivity contribution is 5.85. The van der Waals surface area contributed by atoms with Crippen LogP contribution in [-0.4, -0.2) is 18.9 Å². The molecule has 0 amide bonds. The molecule has 0 aliphatic rings. The number of aldehydes is 1. The molecule has 0 fully saturated rings. The number of hydrogen-bond acceptors (Lipinski definition) is 4. The summed E-state index contributed by atoms with van der Waals surface area (Å²) in [6.45, 7) is 1.59. The summed E-state index contributed by atoms with van der Waals surface area (Å²) in [6.07, 6.45) is -5.30. The topological polar surface area (TPSA) is 67.2 Å². The Labute approximate surface area is 112 Å². The van der Waals surface area contributed by atoms with Crippen molar-refractivity contribution in [1.82, 2.24) is 0 Å². The predicted molar refractivity (Wildman–Crippen MR) is 61.9 cm³/mol. The molecule has 0 atom stereocenters. The van der Waals surface area contributed by atoms with Crippen molar-refractivity contribution >= 4 is 12.3 Å². The van der Waals surface area contributed by atoms with Gasteiger partial charge in [0.05, 0.1) is 30.2 Å². The van der Waals surface area contributed by atoms with E-state index in [-0.39, 0.29) is 24.0 Å². The number of benzene rings is 1. The molecule has 7 heteroatoms. The summed E-state index contributed by atoms with van der Waals surface area (Å²) < 4.78 is 43.0. The van der Waals surface area contributed by atoms with Crippen LogP contribution in [0.3, 0.4) is 0 Å². The van der Waals surface area contributed by atoms with Crippen LogP contribution in [0.25, 0.3) is 0 Å². The van der Waals surface area contributed by atoms with Gasteiger partial charge in [-0.05, 0) is 24.6 Å². The van der Waals surface area contributed by atoms with E-state index >= 15 is 0 Å². The third-order valence-electron chi connectivity index (χ3n) is 2.53. The Morgan fingerprint density at radius 3 is 2.55 bits per heavy atom. The fourth-order valence-electron chi connectivity index (χ4n) is 1.70. The molecule has 106 valence electrons. The van der Waals surface area contributed by atoms with E-state index in [1.807, 2.05) is 0 Å². The summed E-state index contributed by atoms with van der Waals surface area (Å²) in [5.74, 6) is -0.800. The fourth-order valence-corrected chi connectivity index (χ4v) is 1.70. The van der Waals surface area contributed by atoms with Crippen LogP contribution in [0.5, 0.6) is 0 Å². The van der Waals surface area contributed by atoms with Crippen LogP contribution in [0.1, 0.15) is 34.0 Å². The van der Waals surface area contributed by atoms with Crippen molar-refractivity contribution in [3.8, 4) is 6.07 Å². The van der Waals surface area contributed by atoms with Gasteiger partial charge >= 0.3 is 12.1 Å². The van der Waals surface area contributed by atoms with Crippen LogP contribution in [0.4, 0.5) is 13.2 Å². The molecular formula is C13H10F3NO3. The summed E-state index contributed by atoms with van der Waals surface area (Å²) >= 11 is 0. The summed E-state index contributed by atoms with van der Waals surface area (Å²) in [5.41, 5.74) is -2.31. The summed E-state index contributed by atoms with van der Waals surface area (Å²) in [6, 6.07) is 3.25. The molecule has 0 bridgehead atoms. The first-order chi connectivity index (χ1) is 9.35. The maximum atomic E-state index is 12.8. The van der Waals surface area contributed by atoms with Gasteiger partial charge in [-0.3, -0.25) is 9.59 Å². The molecule has 0 aromatic heterocycles. The zero-order chi connectivity index (χ0) is 15.3. The quantitative estimate of drug-likeness (QED) is 0.629. The largest absolute Gasteiger partial charge is 0.466 e. The van der Waals surface area contributed by atoms with Crippen LogP contribution < -0.4 is 0 Å². The Morgan fingerprint density at radius 2 is 2.10 bits per heavy atom. The van der Waals surface area contributed by atoms with Gasteiger partial charge in [0.25, 0.3) is 0 Å². The summed E-state index contributed by atoms with van der Waals surface area (Å²) in [4.78, 5) is 22.3. The molecule has 0 saturated heterocycles. The van der Waals surface area contributed by atoms with E-state index in [1.165, 1.54) is 6.92 Å².